The number of unbranched alkanes of at least 4 members (excludes halogenated alkanes) is 23. The first-order valence-corrected chi connectivity index (χ1v) is 31.6. The predicted molar refractivity (Wildman–Crippen MR) is 318 cm³/mol. The van der Waals surface area contributed by atoms with Crippen molar-refractivity contribution in [2.24, 2.45) is 0 Å². The van der Waals surface area contributed by atoms with Gasteiger partial charge in [-0.3, -0.25) is 18.6 Å². The van der Waals surface area contributed by atoms with Crippen molar-refractivity contribution in [3.63, 3.8) is 0 Å². The van der Waals surface area contributed by atoms with Gasteiger partial charge in [-0.1, -0.05) is 215 Å². The lowest BCUT2D eigenvalue weighted by Crippen LogP contribution is -2.47. The molecule has 0 rings (SSSR count). The number of ether oxygens (including phenoxy) is 1. The van der Waals surface area contributed by atoms with E-state index in [2.05, 4.69) is 111 Å². The second-order valence-electron chi connectivity index (χ2n) is 21.2. The lowest BCUT2D eigenvalue weighted by molar-refractivity contribution is -0.870. The van der Waals surface area contributed by atoms with Crippen LogP contribution in [0.15, 0.2) is 97.2 Å². The van der Waals surface area contributed by atoms with Gasteiger partial charge in [-0.15, -0.1) is 0 Å². The summed E-state index contributed by atoms with van der Waals surface area (Å²) < 4.78 is 30.6. The molecule has 0 aromatic rings. The normalized spacial score (nSPS) is 14.4. The third-order valence-corrected chi connectivity index (χ3v) is 13.7. The fourth-order valence-corrected chi connectivity index (χ4v) is 8.78. The number of rotatable bonds is 53. The van der Waals surface area contributed by atoms with Crippen molar-refractivity contribution in [1.29, 1.82) is 0 Å². The third-order valence-electron chi connectivity index (χ3n) is 12.7. The van der Waals surface area contributed by atoms with Gasteiger partial charge in [0.25, 0.3) is 0 Å². The van der Waals surface area contributed by atoms with E-state index in [1.807, 2.05) is 33.3 Å². The molecule has 0 spiro atoms. The van der Waals surface area contributed by atoms with Gasteiger partial charge in [-0.25, -0.2) is 4.57 Å². The number of amides is 1. The van der Waals surface area contributed by atoms with E-state index in [0.717, 1.165) is 96.3 Å². The summed E-state index contributed by atoms with van der Waals surface area (Å²) in [7, 11) is 1.45. The molecule has 0 aromatic carbocycles. The highest BCUT2D eigenvalue weighted by Crippen LogP contribution is 2.43. The largest absolute Gasteiger partial charge is 0.472 e. The highest BCUT2D eigenvalue weighted by atomic mass is 31.2. The van der Waals surface area contributed by atoms with E-state index in [9.17, 15) is 19.0 Å². The monoisotopic (exact) mass is 1050 g/mol. The average molecular weight is 1050 g/mol. The van der Waals surface area contributed by atoms with E-state index < -0.39 is 20.0 Å². The fourth-order valence-electron chi connectivity index (χ4n) is 8.05. The SMILES string of the molecule is CCCCC/C=C\C/C=C\C/C=C\C/C=C\CCCCCC(=O)OC(/C=C/CCCCCCCCCCCC)C(COP(=O)(O)OCC[N+](C)(C)C)NC(=O)CCCCCC/C=C\C/C=C\C/C=C\CCCCC. The van der Waals surface area contributed by atoms with Gasteiger partial charge in [0, 0.05) is 12.8 Å². The van der Waals surface area contributed by atoms with Crippen LogP contribution in [-0.2, 0) is 27.9 Å². The molecule has 0 aromatic heterocycles. The molecule has 0 saturated heterocycles. The number of carbonyl (C=O) groups is 2. The summed E-state index contributed by atoms with van der Waals surface area (Å²) in [5.74, 6) is -0.571. The topological polar surface area (TPSA) is 111 Å². The van der Waals surface area contributed by atoms with E-state index in [1.165, 1.54) is 103 Å². The smallest absolute Gasteiger partial charge is 0.456 e. The van der Waals surface area contributed by atoms with Gasteiger partial charge in [0.15, 0.2) is 0 Å². The first-order valence-electron chi connectivity index (χ1n) is 30.1. The summed E-state index contributed by atoms with van der Waals surface area (Å²) in [6.45, 7) is 6.90. The van der Waals surface area contributed by atoms with Crippen LogP contribution >= 0.6 is 7.82 Å². The molecule has 0 saturated carbocycles. The zero-order valence-electron chi connectivity index (χ0n) is 48.6. The van der Waals surface area contributed by atoms with Gasteiger partial charge in [-0.2, -0.15) is 0 Å². The van der Waals surface area contributed by atoms with Crippen LogP contribution < -0.4 is 5.32 Å². The van der Waals surface area contributed by atoms with Crippen LogP contribution in [-0.4, -0.2) is 74.3 Å². The standard InChI is InChI=1S/C64H113N2O7P/c1-7-10-13-16-19-22-25-28-30-32-33-35-37-39-42-45-48-51-54-57-64(68)73-62(55-52-49-46-43-40-27-24-21-18-15-12-9-3)61(60-72-74(69,70)71-59-58-66(4,5)6)65-63(67)56-53-50-47-44-41-38-36-34-31-29-26-23-20-17-14-11-8-2/h19-20,22-23,28-31,33,35-36,38-39,42,52,55,61-62H,7-18,21,24-27,32,34,37,40-41,43-51,53-54,56-60H2,1-6H3,(H-,65,67,69,70)/p+1/b22-19-,23-20-,30-28-,31-29-,35-33-,38-36-,42-39-,55-52+. The summed E-state index contributed by atoms with van der Waals surface area (Å²) in [4.78, 5) is 37.6. The molecule has 426 valence electrons. The van der Waals surface area contributed by atoms with Crippen molar-refractivity contribution in [3.05, 3.63) is 97.2 Å². The van der Waals surface area contributed by atoms with Gasteiger partial charge < -0.3 is 19.4 Å². The maximum Gasteiger partial charge on any atom is 0.472 e. The van der Waals surface area contributed by atoms with Crippen LogP contribution in [0.5, 0.6) is 0 Å². The molecule has 0 heterocycles. The van der Waals surface area contributed by atoms with Crippen molar-refractivity contribution in [2.45, 2.75) is 258 Å². The van der Waals surface area contributed by atoms with Crippen molar-refractivity contribution < 1.29 is 37.3 Å². The minimum Gasteiger partial charge on any atom is -0.456 e. The van der Waals surface area contributed by atoms with Crippen LogP contribution in [0.25, 0.3) is 0 Å². The molecule has 2 N–H and O–H groups in total. The lowest BCUT2D eigenvalue weighted by atomic mass is 10.1. The number of quaternary nitrogens is 1. The highest BCUT2D eigenvalue weighted by molar-refractivity contribution is 7.47. The molecule has 0 fully saturated rings. The maximum atomic E-state index is 13.5. The number of phosphoric ester groups is 1. The molecule has 1 amide bonds. The molecule has 9 nitrogen and oxygen atoms in total. The van der Waals surface area contributed by atoms with Gasteiger partial charge in [0.1, 0.15) is 19.3 Å². The Labute approximate surface area is 456 Å². The van der Waals surface area contributed by atoms with E-state index >= 15 is 0 Å². The van der Waals surface area contributed by atoms with Crippen molar-refractivity contribution in [3.8, 4) is 0 Å². The number of nitrogens with one attached hydrogen (secondary N) is 1. The van der Waals surface area contributed by atoms with E-state index in [-0.39, 0.29) is 31.5 Å². The Morgan fingerprint density at radius 3 is 1.27 bits per heavy atom. The number of esters is 1. The zero-order valence-corrected chi connectivity index (χ0v) is 49.4. The lowest BCUT2D eigenvalue weighted by Gasteiger charge is -2.27. The van der Waals surface area contributed by atoms with Crippen molar-refractivity contribution in [1.82, 2.24) is 5.32 Å². The zero-order chi connectivity index (χ0) is 54.3. The number of hydrogen-bond acceptors (Lipinski definition) is 6. The highest BCUT2D eigenvalue weighted by Gasteiger charge is 2.30. The molecule has 3 atom stereocenters. The molecule has 0 radical (unpaired) electrons. The molecule has 0 bridgehead atoms. The number of nitrogens with zero attached hydrogens (tertiary/aromatic N) is 1. The first kappa shape index (κ1) is 70.9. The van der Waals surface area contributed by atoms with Gasteiger partial charge in [0.05, 0.1) is 33.8 Å². The van der Waals surface area contributed by atoms with Gasteiger partial charge in [0.2, 0.25) is 5.91 Å². The summed E-state index contributed by atoms with van der Waals surface area (Å²) in [5.41, 5.74) is 0. The van der Waals surface area contributed by atoms with Crippen molar-refractivity contribution in [2.75, 3.05) is 40.9 Å². The van der Waals surface area contributed by atoms with Crippen LogP contribution in [0.4, 0.5) is 0 Å². The molecule has 3 unspecified atom stereocenters. The Balaban J connectivity index is 5.42. The summed E-state index contributed by atoms with van der Waals surface area (Å²) in [6, 6.07) is -0.878. The second-order valence-corrected chi connectivity index (χ2v) is 22.6. The van der Waals surface area contributed by atoms with Crippen LogP contribution in [0.3, 0.4) is 0 Å². The molecule has 10 heteroatoms. The number of hydrogen-bond donors (Lipinski definition) is 2. The third kappa shape index (κ3) is 53.7. The van der Waals surface area contributed by atoms with Crippen LogP contribution in [0, 0.1) is 0 Å². The molecule has 0 aliphatic carbocycles. The maximum absolute atomic E-state index is 13.5. The van der Waals surface area contributed by atoms with E-state index in [0.29, 0.717) is 30.3 Å². The van der Waals surface area contributed by atoms with Gasteiger partial charge >= 0.3 is 13.8 Å². The van der Waals surface area contributed by atoms with Gasteiger partial charge in [-0.05, 0) is 115 Å². The quantitative estimate of drug-likeness (QED) is 0.0205. The predicted octanol–water partition coefficient (Wildman–Crippen LogP) is 18.4. The Morgan fingerprint density at radius 2 is 0.824 bits per heavy atom. The van der Waals surface area contributed by atoms with E-state index in [1.54, 1.807) is 0 Å². The Bertz CT molecular complexity index is 1590. The molecule has 74 heavy (non-hydrogen) atoms. The summed E-state index contributed by atoms with van der Waals surface area (Å²) in [6.07, 6.45) is 71.1. The summed E-state index contributed by atoms with van der Waals surface area (Å²) in [5, 5.41) is 3.03. The fraction of sp³-hybridized carbons (Fsp3) is 0.719. The van der Waals surface area contributed by atoms with Crippen LogP contribution in [0.2, 0.25) is 0 Å². The molecular weight excluding hydrogens is 940 g/mol. The number of phosphoric acid groups is 1. The first-order chi connectivity index (χ1) is 35.9. The number of likely N-dealkylation sites (N-methyl/N-ethyl adjacent to an activating group) is 1. The number of allylic oxidation sites excluding steroid dienone is 15. The van der Waals surface area contributed by atoms with E-state index in [4.69, 9.17) is 13.8 Å². The number of carbonyl (C=O) groups excluding carboxylic acids is 2. The molecule has 0 aliphatic heterocycles. The minimum atomic E-state index is -4.47. The second kappa shape index (κ2) is 53.3. The Hall–Kier alpha value is -3.07. The van der Waals surface area contributed by atoms with Crippen LogP contribution in [0.1, 0.15) is 245 Å². The Morgan fingerprint density at radius 1 is 0.473 bits per heavy atom. The average Bonchev–Trinajstić information content (AvgIpc) is 3.36. The summed E-state index contributed by atoms with van der Waals surface area (Å²) >= 11 is 0. The minimum absolute atomic E-state index is 0.0257. The van der Waals surface area contributed by atoms with Crippen molar-refractivity contribution >= 4 is 19.7 Å². The molecule has 0 aliphatic rings. The Kier molecular flexibility index (Phi) is 51.1. The molecular formula is C64H114N2O7P+.